The zero-order chi connectivity index (χ0) is 13.2. The van der Waals surface area contributed by atoms with Crippen LogP contribution in [-0.2, 0) is 4.79 Å². The largest absolute Gasteiger partial charge is 0.368 e. The molecule has 1 saturated heterocycles. The maximum Gasteiger partial charge on any atom is 0.235 e. The molecule has 0 bridgehead atoms. The van der Waals surface area contributed by atoms with Crippen molar-refractivity contribution in [3.8, 4) is 0 Å². The fourth-order valence-electron chi connectivity index (χ4n) is 2.84. The molecular weight excluding hydrogens is 240 g/mol. The van der Waals surface area contributed by atoms with Gasteiger partial charge in [-0.25, -0.2) is 0 Å². The quantitative estimate of drug-likeness (QED) is 0.659. The molecule has 1 amide bonds. The van der Waals surface area contributed by atoms with Gasteiger partial charge in [0.15, 0.2) is 0 Å². The first-order valence-corrected chi connectivity index (χ1v) is 7.71. The van der Waals surface area contributed by atoms with Gasteiger partial charge in [0.2, 0.25) is 5.91 Å². The topological polar surface area (TPSA) is 61.6 Å². The Morgan fingerprint density at radius 3 is 2.26 bits per heavy atom. The van der Waals surface area contributed by atoms with Gasteiger partial charge in [0.25, 0.3) is 0 Å². The monoisotopic (exact) mass is 266 g/mol. The van der Waals surface area contributed by atoms with Crippen LogP contribution in [0, 0.1) is 5.92 Å². The van der Waals surface area contributed by atoms with Crippen molar-refractivity contribution in [2.45, 2.75) is 37.8 Å². The van der Waals surface area contributed by atoms with Crippen LogP contribution >= 0.6 is 0 Å². The normalized spacial score (nSPS) is 27.4. The maximum atomic E-state index is 11.5. The Morgan fingerprint density at radius 2 is 1.74 bits per heavy atom. The summed E-state index contributed by atoms with van der Waals surface area (Å²) in [6.07, 6.45) is 5.24. The van der Waals surface area contributed by atoms with Gasteiger partial charge in [0.05, 0.1) is 6.04 Å². The van der Waals surface area contributed by atoms with Gasteiger partial charge in [-0.15, -0.1) is 0 Å². The fourth-order valence-corrected chi connectivity index (χ4v) is 2.84. The molecule has 0 aromatic rings. The van der Waals surface area contributed by atoms with Crippen molar-refractivity contribution in [3.63, 3.8) is 0 Å². The average molecular weight is 266 g/mol. The molecular formula is C14H26N4O. The van der Waals surface area contributed by atoms with Crippen molar-refractivity contribution in [1.29, 1.82) is 0 Å². The van der Waals surface area contributed by atoms with Crippen LogP contribution in [0.4, 0.5) is 0 Å². The number of carbonyl (C=O) groups excluding carboxylic acids is 1. The molecule has 108 valence electrons. The maximum absolute atomic E-state index is 11.5. The molecule has 3 rings (SSSR count). The lowest BCUT2D eigenvalue weighted by Crippen LogP contribution is -2.54. The second-order valence-corrected chi connectivity index (χ2v) is 6.44. The van der Waals surface area contributed by atoms with Gasteiger partial charge in [-0.3, -0.25) is 9.69 Å². The number of rotatable bonds is 7. The first kappa shape index (κ1) is 13.3. The third-order valence-corrected chi connectivity index (χ3v) is 4.48. The summed E-state index contributed by atoms with van der Waals surface area (Å²) in [5.74, 6) is 0.772. The Hall–Kier alpha value is -0.650. The van der Waals surface area contributed by atoms with Crippen LogP contribution in [0.15, 0.2) is 0 Å². The highest BCUT2D eigenvalue weighted by Crippen LogP contribution is 2.29. The highest BCUT2D eigenvalue weighted by molar-refractivity contribution is 5.80. The van der Waals surface area contributed by atoms with Gasteiger partial charge in [0, 0.05) is 45.3 Å². The van der Waals surface area contributed by atoms with Crippen molar-refractivity contribution in [3.05, 3.63) is 0 Å². The van der Waals surface area contributed by atoms with Crippen LogP contribution in [0.1, 0.15) is 25.7 Å². The molecule has 5 nitrogen and oxygen atoms in total. The molecule has 1 aliphatic heterocycles. The van der Waals surface area contributed by atoms with Gasteiger partial charge in [-0.05, 0) is 31.6 Å². The van der Waals surface area contributed by atoms with Gasteiger partial charge in [-0.1, -0.05) is 0 Å². The number of amides is 1. The Labute approximate surface area is 115 Å². The van der Waals surface area contributed by atoms with Crippen molar-refractivity contribution in [2.24, 2.45) is 11.7 Å². The van der Waals surface area contributed by atoms with Crippen LogP contribution in [0.2, 0.25) is 0 Å². The lowest BCUT2D eigenvalue weighted by Gasteiger charge is -2.36. The summed E-state index contributed by atoms with van der Waals surface area (Å²) in [4.78, 5) is 16.4. The lowest BCUT2D eigenvalue weighted by molar-refractivity contribution is -0.120. The van der Waals surface area contributed by atoms with E-state index in [9.17, 15) is 4.79 Å². The molecule has 1 heterocycles. The second-order valence-electron chi connectivity index (χ2n) is 6.44. The zero-order valence-electron chi connectivity index (χ0n) is 11.7. The van der Waals surface area contributed by atoms with Crippen LogP contribution in [-0.4, -0.2) is 67.1 Å². The number of nitrogens with zero attached hydrogens (tertiary/aromatic N) is 2. The van der Waals surface area contributed by atoms with E-state index in [-0.39, 0.29) is 11.9 Å². The molecule has 19 heavy (non-hydrogen) atoms. The Bertz CT molecular complexity index is 319. The molecule has 0 spiro atoms. The molecule has 0 aromatic carbocycles. The van der Waals surface area contributed by atoms with Crippen LogP contribution in [0.25, 0.3) is 0 Å². The molecule has 2 aliphatic carbocycles. The summed E-state index contributed by atoms with van der Waals surface area (Å²) in [5.41, 5.74) is 5.49. The number of hydrogen-bond acceptors (Lipinski definition) is 4. The Morgan fingerprint density at radius 1 is 1.11 bits per heavy atom. The van der Waals surface area contributed by atoms with E-state index in [1.807, 2.05) is 0 Å². The SMILES string of the molecule is NC(=O)C(CN1CCN(CC2CC2)CC1)NC1CC1. The van der Waals surface area contributed by atoms with E-state index in [2.05, 4.69) is 15.1 Å². The first-order chi connectivity index (χ1) is 9.20. The van der Waals surface area contributed by atoms with E-state index >= 15 is 0 Å². The van der Waals surface area contributed by atoms with Gasteiger partial charge >= 0.3 is 0 Å². The fraction of sp³-hybridized carbons (Fsp3) is 0.929. The standard InChI is InChI=1S/C14H26N4O/c15-14(19)13(16-12-3-4-12)10-18-7-5-17(6-8-18)9-11-1-2-11/h11-13,16H,1-10H2,(H2,15,19). The first-order valence-electron chi connectivity index (χ1n) is 7.71. The van der Waals surface area contributed by atoms with E-state index in [0.29, 0.717) is 6.04 Å². The Kier molecular flexibility index (Phi) is 4.05. The molecule has 3 fully saturated rings. The summed E-state index contributed by atoms with van der Waals surface area (Å²) in [5, 5.41) is 3.36. The molecule has 1 atom stereocenters. The Balaban J connectivity index is 1.40. The van der Waals surface area contributed by atoms with Crippen LogP contribution in [0.5, 0.6) is 0 Å². The molecule has 2 saturated carbocycles. The second kappa shape index (κ2) is 5.77. The van der Waals surface area contributed by atoms with Crippen LogP contribution < -0.4 is 11.1 Å². The smallest absolute Gasteiger partial charge is 0.235 e. The molecule has 1 unspecified atom stereocenters. The highest BCUT2D eigenvalue weighted by Gasteiger charge is 2.30. The molecule has 3 N–H and O–H groups in total. The van der Waals surface area contributed by atoms with Gasteiger partial charge in [-0.2, -0.15) is 0 Å². The van der Waals surface area contributed by atoms with E-state index in [0.717, 1.165) is 38.6 Å². The lowest BCUT2D eigenvalue weighted by atomic mass is 10.2. The van der Waals surface area contributed by atoms with Crippen molar-refractivity contribution < 1.29 is 4.79 Å². The summed E-state index contributed by atoms with van der Waals surface area (Å²) < 4.78 is 0. The summed E-state index contributed by atoms with van der Waals surface area (Å²) in [6, 6.07) is 0.371. The zero-order valence-corrected chi connectivity index (χ0v) is 11.7. The van der Waals surface area contributed by atoms with Crippen molar-refractivity contribution >= 4 is 5.91 Å². The predicted octanol–water partition coefficient (Wildman–Crippen LogP) is -0.380. The number of nitrogens with two attached hydrogens (primary N) is 1. The minimum Gasteiger partial charge on any atom is -0.368 e. The number of primary amides is 1. The molecule has 0 aromatic heterocycles. The number of piperazine rings is 1. The van der Waals surface area contributed by atoms with Gasteiger partial charge < -0.3 is 16.0 Å². The highest BCUT2D eigenvalue weighted by atomic mass is 16.1. The summed E-state index contributed by atoms with van der Waals surface area (Å²) >= 11 is 0. The molecule has 0 radical (unpaired) electrons. The van der Waals surface area contributed by atoms with E-state index in [1.165, 1.54) is 32.2 Å². The minimum absolute atomic E-state index is 0.164. The third kappa shape index (κ3) is 4.16. The minimum atomic E-state index is -0.202. The van der Waals surface area contributed by atoms with Crippen molar-refractivity contribution in [2.75, 3.05) is 39.3 Å². The number of carbonyl (C=O) groups is 1. The third-order valence-electron chi connectivity index (χ3n) is 4.48. The van der Waals surface area contributed by atoms with Gasteiger partial charge in [0.1, 0.15) is 0 Å². The molecule has 3 aliphatic rings. The van der Waals surface area contributed by atoms with E-state index in [4.69, 9.17) is 5.73 Å². The van der Waals surface area contributed by atoms with E-state index in [1.54, 1.807) is 0 Å². The van der Waals surface area contributed by atoms with Crippen LogP contribution in [0.3, 0.4) is 0 Å². The number of hydrogen-bond donors (Lipinski definition) is 2. The summed E-state index contributed by atoms with van der Waals surface area (Å²) in [7, 11) is 0. The van der Waals surface area contributed by atoms with Crippen molar-refractivity contribution in [1.82, 2.24) is 15.1 Å². The predicted molar refractivity (Wildman–Crippen MR) is 74.7 cm³/mol. The molecule has 5 heteroatoms. The van der Waals surface area contributed by atoms with E-state index < -0.39 is 0 Å². The summed E-state index contributed by atoms with van der Waals surface area (Å²) in [6.45, 7) is 6.50. The number of nitrogens with one attached hydrogen (secondary N) is 1. The average Bonchev–Trinajstić information content (AvgIpc) is 3.25.